The van der Waals surface area contributed by atoms with Crippen molar-refractivity contribution in [1.82, 2.24) is 4.98 Å². The number of carbonyl (C=O) groups excluding carboxylic acids is 2. The number of nitrogens with zero attached hydrogens (tertiary/aromatic N) is 1. The zero-order valence-corrected chi connectivity index (χ0v) is 18.1. The molecule has 0 saturated heterocycles. The Morgan fingerprint density at radius 3 is 2.48 bits per heavy atom. The average Bonchev–Trinajstić information content (AvgIpc) is 3.08. The van der Waals surface area contributed by atoms with E-state index in [4.69, 9.17) is 4.74 Å². The minimum Gasteiger partial charge on any atom is -0.462 e. The van der Waals surface area contributed by atoms with Gasteiger partial charge in [-0.3, -0.25) is 14.8 Å². The highest BCUT2D eigenvalue weighted by molar-refractivity contribution is 7.92. The van der Waals surface area contributed by atoms with Crippen molar-refractivity contribution in [3.63, 3.8) is 0 Å². The van der Waals surface area contributed by atoms with Gasteiger partial charge in [-0.05, 0) is 50.2 Å². The number of thiazole rings is 1. The predicted octanol–water partition coefficient (Wildman–Crippen LogP) is 3.82. The van der Waals surface area contributed by atoms with Gasteiger partial charge in [-0.25, -0.2) is 22.6 Å². The summed E-state index contributed by atoms with van der Waals surface area (Å²) in [5, 5.41) is 2.73. The SMILES string of the molecule is CCOC(=O)c1sc(NC(=O)c2ccccc2NS(=O)(=O)c2ccc(F)cc2)nc1C. The van der Waals surface area contributed by atoms with Crippen molar-refractivity contribution >= 4 is 44.1 Å². The van der Waals surface area contributed by atoms with Crippen LogP contribution in [0.4, 0.5) is 15.2 Å². The van der Waals surface area contributed by atoms with Gasteiger partial charge in [0, 0.05) is 0 Å². The number of aryl methyl sites for hydroxylation is 1. The molecule has 162 valence electrons. The van der Waals surface area contributed by atoms with E-state index in [0.717, 1.165) is 35.6 Å². The number of anilines is 2. The molecule has 1 heterocycles. The Morgan fingerprint density at radius 2 is 1.81 bits per heavy atom. The third-order valence-corrected chi connectivity index (χ3v) is 6.45. The smallest absolute Gasteiger partial charge is 0.350 e. The first-order valence-electron chi connectivity index (χ1n) is 9.04. The Bertz CT molecular complexity index is 1220. The summed E-state index contributed by atoms with van der Waals surface area (Å²) in [5.41, 5.74) is 0.478. The fourth-order valence-electron chi connectivity index (χ4n) is 2.59. The minimum absolute atomic E-state index is 0.0308. The van der Waals surface area contributed by atoms with Gasteiger partial charge in [-0.15, -0.1) is 0 Å². The van der Waals surface area contributed by atoms with Crippen molar-refractivity contribution < 1.29 is 27.1 Å². The Labute approximate surface area is 182 Å². The number of esters is 1. The summed E-state index contributed by atoms with van der Waals surface area (Å²) in [6.45, 7) is 3.50. The maximum atomic E-state index is 13.1. The molecule has 0 radical (unpaired) electrons. The maximum Gasteiger partial charge on any atom is 0.350 e. The first kappa shape index (κ1) is 22.4. The molecule has 0 aliphatic heterocycles. The summed E-state index contributed by atoms with van der Waals surface area (Å²) in [6, 6.07) is 10.3. The van der Waals surface area contributed by atoms with Gasteiger partial charge in [0.2, 0.25) is 0 Å². The number of halogens is 1. The summed E-state index contributed by atoms with van der Waals surface area (Å²) in [6.07, 6.45) is 0. The second kappa shape index (κ2) is 9.23. The molecule has 0 unspecified atom stereocenters. The van der Waals surface area contributed by atoms with Crippen molar-refractivity contribution in [3.8, 4) is 0 Å². The van der Waals surface area contributed by atoms with Crippen LogP contribution in [0.1, 0.15) is 32.6 Å². The Balaban J connectivity index is 1.83. The van der Waals surface area contributed by atoms with Crippen molar-refractivity contribution in [2.75, 3.05) is 16.6 Å². The van der Waals surface area contributed by atoms with E-state index in [1.54, 1.807) is 26.0 Å². The molecular weight excluding hydrogens is 445 g/mol. The third kappa shape index (κ3) is 5.25. The highest BCUT2D eigenvalue weighted by Gasteiger charge is 2.21. The first-order chi connectivity index (χ1) is 14.7. The molecule has 0 aliphatic carbocycles. The monoisotopic (exact) mass is 463 g/mol. The molecule has 1 amide bonds. The molecule has 0 bridgehead atoms. The summed E-state index contributed by atoms with van der Waals surface area (Å²) in [4.78, 5) is 29.0. The third-order valence-electron chi connectivity index (χ3n) is 4.02. The van der Waals surface area contributed by atoms with Crippen LogP contribution in [0.3, 0.4) is 0 Å². The number of sulfonamides is 1. The van der Waals surface area contributed by atoms with Crippen LogP contribution in [-0.4, -0.2) is 31.9 Å². The van der Waals surface area contributed by atoms with Crippen LogP contribution in [0.15, 0.2) is 53.4 Å². The standard InChI is InChI=1S/C20H18FN3O5S2/c1-3-29-19(26)17-12(2)22-20(30-17)23-18(25)15-6-4-5-7-16(15)24-31(27,28)14-10-8-13(21)9-11-14/h4-11,24H,3H2,1-2H3,(H,22,23,25). The number of ether oxygens (including phenoxy) is 1. The summed E-state index contributed by atoms with van der Waals surface area (Å²) in [5.74, 6) is -1.73. The van der Waals surface area contributed by atoms with E-state index in [2.05, 4.69) is 15.0 Å². The Morgan fingerprint density at radius 1 is 1.13 bits per heavy atom. The van der Waals surface area contributed by atoms with Crippen LogP contribution < -0.4 is 10.0 Å². The topological polar surface area (TPSA) is 114 Å². The normalized spacial score (nSPS) is 11.1. The number of hydrogen-bond donors (Lipinski definition) is 2. The number of benzene rings is 2. The fourth-order valence-corrected chi connectivity index (χ4v) is 4.52. The van der Waals surface area contributed by atoms with Gasteiger partial charge >= 0.3 is 5.97 Å². The second-order valence-electron chi connectivity index (χ2n) is 6.21. The quantitative estimate of drug-likeness (QED) is 0.515. The number of hydrogen-bond acceptors (Lipinski definition) is 7. The van der Waals surface area contributed by atoms with Crippen LogP contribution in [-0.2, 0) is 14.8 Å². The largest absolute Gasteiger partial charge is 0.462 e. The van der Waals surface area contributed by atoms with E-state index in [1.807, 2.05) is 0 Å². The number of para-hydroxylation sites is 1. The molecule has 11 heteroatoms. The number of nitrogens with one attached hydrogen (secondary N) is 2. The molecule has 0 saturated carbocycles. The molecule has 2 aromatic carbocycles. The summed E-state index contributed by atoms with van der Waals surface area (Å²) >= 11 is 0.956. The highest BCUT2D eigenvalue weighted by atomic mass is 32.2. The minimum atomic E-state index is -4.05. The highest BCUT2D eigenvalue weighted by Crippen LogP contribution is 2.26. The lowest BCUT2D eigenvalue weighted by molar-refractivity contribution is 0.0531. The molecule has 0 fully saturated rings. The zero-order valence-electron chi connectivity index (χ0n) is 16.5. The lowest BCUT2D eigenvalue weighted by Crippen LogP contribution is -2.18. The Hall–Kier alpha value is -3.31. The molecule has 0 aliphatic rings. The van der Waals surface area contributed by atoms with Crippen LogP contribution in [0.5, 0.6) is 0 Å². The summed E-state index contributed by atoms with van der Waals surface area (Å²) < 4.78 is 45.6. The number of rotatable bonds is 7. The van der Waals surface area contributed by atoms with E-state index >= 15 is 0 Å². The number of carbonyl (C=O) groups is 2. The van der Waals surface area contributed by atoms with Crippen LogP contribution in [0.2, 0.25) is 0 Å². The van der Waals surface area contributed by atoms with Crippen molar-refractivity contribution in [1.29, 1.82) is 0 Å². The van der Waals surface area contributed by atoms with Crippen LogP contribution >= 0.6 is 11.3 Å². The van der Waals surface area contributed by atoms with E-state index in [9.17, 15) is 22.4 Å². The molecule has 8 nitrogen and oxygen atoms in total. The lowest BCUT2D eigenvalue weighted by atomic mass is 10.2. The van der Waals surface area contributed by atoms with Crippen molar-refractivity contribution in [2.45, 2.75) is 18.7 Å². The first-order valence-corrected chi connectivity index (χ1v) is 11.3. The summed E-state index contributed by atoms with van der Waals surface area (Å²) in [7, 11) is -4.05. The van der Waals surface area contributed by atoms with Crippen LogP contribution in [0.25, 0.3) is 0 Å². The van der Waals surface area contributed by atoms with E-state index < -0.39 is 27.7 Å². The molecule has 0 atom stereocenters. The van der Waals surface area contributed by atoms with Crippen molar-refractivity contribution in [3.05, 3.63) is 70.5 Å². The van der Waals surface area contributed by atoms with Crippen LogP contribution in [0, 0.1) is 12.7 Å². The predicted molar refractivity (Wildman–Crippen MR) is 114 cm³/mol. The van der Waals surface area contributed by atoms with Gasteiger partial charge in [0.15, 0.2) is 5.13 Å². The van der Waals surface area contributed by atoms with Gasteiger partial charge in [0.25, 0.3) is 15.9 Å². The Kier molecular flexibility index (Phi) is 6.66. The van der Waals surface area contributed by atoms with Gasteiger partial charge < -0.3 is 4.74 Å². The van der Waals surface area contributed by atoms with E-state index in [-0.39, 0.29) is 32.8 Å². The second-order valence-corrected chi connectivity index (χ2v) is 8.89. The molecule has 1 aromatic heterocycles. The number of aromatic nitrogens is 1. The lowest BCUT2D eigenvalue weighted by Gasteiger charge is -2.12. The molecule has 0 spiro atoms. The van der Waals surface area contributed by atoms with Gasteiger partial charge in [0.1, 0.15) is 10.7 Å². The molecule has 3 rings (SSSR count). The van der Waals surface area contributed by atoms with Gasteiger partial charge in [0.05, 0.1) is 28.4 Å². The molecular formula is C20H18FN3O5S2. The fraction of sp³-hybridized carbons (Fsp3) is 0.150. The zero-order chi connectivity index (χ0) is 22.6. The van der Waals surface area contributed by atoms with E-state index in [1.165, 1.54) is 12.1 Å². The molecule has 2 N–H and O–H groups in total. The van der Waals surface area contributed by atoms with Gasteiger partial charge in [-0.2, -0.15) is 0 Å². The molecule has 3 aromatic rings. The van der Waals surface area contributed by atoms with E-state index in [0.29, 0.717) is 5.69 Å². The van der Waals surface area contributed by atoms with Crippen molar-refractivity contribution in [2.24, 2.45) is 0 Å². The van der Waals surface area contributed by atoms with Gasteiger partial charge in [-0.1, -0.05) is 23.5 Å². The average molecular weight is 464 g/mol. The maximum absolute atomic E-state index is 13.1. The number of amides is 1. The molecule has 31 heavy (non-hydrogen) atoms.